The third-order valence-corrected chi connectivity index (χ3v) is 3.39. The molecule has 0 bridgehead atoms. The highest BCUT2D eigenvalue weighted by Gasteiger charge is 2.10. The van der Waals surface area contributed by atoms with Crippen LogP contribution in [-0.4, -0.2) is 19.6 Å². The number of anilines is 1. The molecule has 2 rings (SSSR count). The second kappa shape index (κ2) is 6.65. The Morgan fingerprint density at radius 3 is 2.76 bits per heavy atom. The molecule has 1 aromatic rings. The molecule has 1 N–H and O–H groups in total. The number of piperidine rings is 1. The zero-order chi connectivity index (χ0) is 11.9. The summed E-state index contributed by atoms with van der Waals surface area (Å²) in [5.74, 6) is 0. The first-order chi connectivity index (χ1) is 8.40. The van der Waals surface area contributed by atoms with Crippen molar-refractivity contribution in [2.24, 2.45) is 0 Å². The predicted octanol–water partition coefficient (Wildman–Crippen LogP) is 3.18. The Balaban J connectivity index is 1.95. The average Bonchev–Trinajstić information content (AvgIpc) is 2.41. The van der Waals surface area contributed by atoms with Crippen molar-refractivity contribution in [3.8, 4) is 0 Å². The Morgan fingerprint density at radius 1 is 1.18 bits per heavy atom. The van der Waals surface area contributed by atoms with E-state index < -0.39 is 0 Å². The van der Waals surface area contributed by atoms with Crippen LogP contribution in [0.1, 0.15) is 38.2 Å². The molecule has 1 aromatic carbocycles. The van der Waals surface area contributed by atoms with Crippen molar-refractivity contribution in [1.29, 1.82) is 0 Å². The van der Waals surface area contributed by atoms with E-state index in [9.17, 15) is 0 Å². The van der Waals surface area contributed by atoms with Gasteiger partial charge in [-0.1, -0.05) is 19.1 Å². The second-order valence-corrected chi connectivity index (χ2v) is 4.89. The summed E-state index contributed by atoms with van der Waals surface area (Å²) in [6, 6.07) is 8.99. The fourth-order valence-electron chi connectivity index (χ4n) is 2.42. The molecule has 1 fully saturated rings. The summed E-state index contributed by atoms with van der Waals surface area (Å²) in [6.45, 7) is 6.76. The molecule has 94 valence electrons. The van der Waals surface area contributed by atoms with Crippen molar-refractivity contribution >= 4 is 5.69 Å². The summed E-state index contributed by atoms with van der Waals surface area (Å²) in [5.41, 5.74) is 2.81. The number of nitrogens with one attached hydrogen (secondary N) is 1. The van der Waals surface area contributed by atoms with E-state index in [4.69, 9.17) is 0 Å². The van der Waals surface area contributed by atoms with Crippen LogP contribution in [0.5, 0.6) is 0 Å². The van der Waals surface area contributed by atoms with E-state index in [1.54, 1.807) is 0 Å². The summed E-state index contributed by atoms with van der Waals surface area (Å²) < 4.78 is 0. The lowest BCUT2D eigenvalue weighted by Gasteiger charge is -2.29. The standard InChI is InChI=1S/C15H24N2/c1-2-9-16-13-14-7-6-8-15(12-14)17-10-4-3-5-11-17/h6-8,12,16H,2-5,9-11,13H2,1H3. The number of hydrogen-bond acceptors (Lipinski definition) is 2. The van der Waals surface area contributed by atoms with Crippen LogP contribution < -0.4 is 10.2 Å². The van der Waals surface area contributed by atoms with E-state index in [-0.39, 0.29) is 0 Å². The fraction of sp³-hybridized carbons (Fsp3) is 0.600. The molecule has 0 unspecified atom stereocenters. The van der Waals surface area contributed by atoms with Crippen molar-refractivity contribution in [1.82, 2.24) is 5.32 Å². The van der Waals surface area contributed by atoms with E-state index in [1.807, 2.05) is 0 Å². The maximum absolute atomic E-state index is 3.46. The van der Waals surface area contributed by atoms with Crippen molar-refractivity contribution < 1.29 is 0 Å². The van der Waals surface area contributed by atoms with Crippen LogP contribution in [0.15, 0.2) is 24.3 Å². The first-order valence-corrected chi connectivity index (χ1v) is 6.95. The summed E-state index contributed by atoms with van der Waals surface area (Å²) in [4.78, 5) is 2.52. The SMILES string of the molecule is CCCNCc1cccc(N2CCCCC2)c1. The lowest BCUT2D eigenvalue weighted by atomic mass is 10.1. The Labute approximate surface area is 105 Å². The maximum Gasteiger partial charge on any atom is 0.0369 e. The van der Waals surface area contributed by atoms with Gasteiger partial charge in [0.1, 0.15) is 0 Å². The summed E-state index contributed by atoms with van der Waals surface area (Å²) >= 11 is 0. The molecular weight excluding hydrogens is 208 g/mol. The molecule has 0 aromatic heterocycles. The Morgan fingerprint density at radius 2 is 2.00 bits per heavy atom. The topological polar surface area (TPSA) is 15.3 Å². The van der Waals surface area contributed by atoms with Gasteiger partial charge in [0, 0.05) is 25.3 Å². The van der Waals surface area contributed by atoms with E-state index in [0.717, 1.165) is 13.1 Å². The van der Waals surface area contributed by atoms with Gasteiger partial charge in [-0.2, -0.15) is 0 Å². The highest BCUT2D eigenvalue weighted by atomic mass is 15.1. The molecule has 0 atom stereocenters. The van der Waals surface area contributed by atoms with E-state index >= 15 is 0 Å². The molecule has 1 aliphatic heterocycles. The van der Waals surface area contributed by atoms with Gasteiger partial charge >= 0.3 is 0 Å². The summed E-state index contributed by atoms with van der Waals surface area (Å²) in [7, 11) is 0. The van der Waals surface area contributed by atoms with E-state index in [2.05, 4.69) is 41.4 Å². The van der Waals surface area contributed by atoms with Gasteiger partial charge in [0.25, 0.3) is 0 Å². The molecule has 0 radical (unpaired) electrons. The predicted molar refractivity (Wildman–Crippen MR) is 74.5 cm³/mol. The first kappa shape index (κ1) is 12.4. The third-order valence-electron chi connectivity index (χ3n) is 3.39. The molecule has 0 saturated carbocycles. The van der Waals surface area contributed by atoms with Gasteiger partial charge in [-0.25, -0.2) is 0 Å². The number of hydrogen-bond donors (Lipinski definition) is 1. The highest BCUT2D eigenvalue weighted by Crippen LogP contribution is 2.20. The quantitative estimate of drug-likeness (QED) is 0.784. The fourth-order valence-corrected chi connectivity index (χ4v) is 2.42. The van der Waals surface area contributed by atoms with Crippen LogP contribution in [-0.2, 0) is 6.54 Å². The van der Waals surface area contributed by atoms with Crippen LogP contribution in [0.4, 0.5) is 5.69 Å². The van der Waals surface area contributed by atoms with Crippen LogP contribution >= 0.6 is 0 Å². The number of nitrogens with zero attached hydrogens (tertiary/aromatic N) is 1. The lowest BCUT2D eigenvalue weighted by Crippen LogP contribution is -2.29. The highest BCUT2D eigenvalue weighted by molar-refractivity contribution is 5.48. The van der Waals surface area contributed by atoms with Gasteiger partial charge in [0.15, 0.2) is 0 Å². The normalized spacial score (nSPS) is 16.2. The summed E-state index contributed by atoms with van der Waals surface area (Å²) in [6.07, 6.45) is 5.29. The molecule has 0 spiro atoms. The Kier molecular flexibility index (Phi) is 4.87. The maximum atomic E-state index is 3.46. The zero-order valence-corrected chi connectivity index (χ0v) is 10.9. The first-order valence-electron chi connectivity index (χ1n) is 6.95. The van der Waals surface area contributed by atoms with Crippen molar-refractivity contribution in [3.63, 3.8) is 0 Å². The smallest absolute Gasteiger partial charge is 0.0369 e. The van der Waals surface area contributed by atoms with Gasteiger partial charge in [0.2, 0.25) is 0 Å². The zero-order valence-electron chi connectivity index (χ0n) is 10.9. The van der Waals surface area contributed by atoms with Gasteiger partial charge in [-0.3, -0.25) is 0 Å². The minimum atomic E-state index is 0.996. The average molecular weight is 232 g/mol. The van der Waals surface area contributed by atoms with Gasteiger partial charge in [-0.15, -0.1) is 0 Å². The minimum Gasteiger partial charge on any atom is -0.372 e. The molecule has 1 aliphatic rings. The molecule has 2 nitrogen and oxygen atoms in total. The number of benzene rings is 1. The van der Waals surface area contributed by atoms with Crippen molar-refractivity contribution in [3.05, 3.63) is 29.8 Å². The molecule has 17 heavy (non-hydrogen) atoms. The van der Waals surface area contributed by atoms with Crippen molar-refractivity contribution in [2.75, 3.05) is 24.5 Å². The van der Waals surface area contributed by atoms with Crippen LogP contribution in [0.2, 0.25) is 0 Å². The molecular formula is C15H24N2. The molecule has 2 heteroatoms. The molecule has 0 aliphatic carbocycles. The van der Waals surface area contributed by atoms with Gasteiger partial charge < -0.3 is 10.2 Å². The Hall–Kier alpha value is -1.02. The Bertz CT molecular complexity index is 329. The van der Waals surface area contributed by atoms with Crippen LogP contribution in [0.25, 0.3) is 0 Å². The van der Waals surface area contributed by atoms with Crippen LogP contribution in [0, 0.1) is 0 Å². The van der Waals surface area contributed by atoms with Gasteiger partial charge in [-0.05, 0) is 49.9 Å². The van der Waals surface area contributed by atoms with E-state index in [1.165, 1.54) is 50.0 Å². The lowest BCUT2D eigenvalue weighted by molar-refractivity contribution is 0.577. The van der Waals surface area contributed by atoms with Crippen molar-refractivity contribution in [2.45, 2.75) is 39.2 Å². The summed E-state index contributed by atoms with van der Waals surface area (Å²) in [5, 5.41) is 3.46. The van der Waals surface area contributed by atoms with E-state index in [0.29, 0.717) is 0 Å². The van der Waals surface area contributed by atoms with Gasteiger partial charge in [0.05, 0.1) is 0 Å². The molecule has 1 heterocycles. The largest absolute Gasteiger partial charge is 0.372 e. The second-order valence-electron chi connectivity index (χ2n) is 4.89. The molecule has 1 saturated heterocycles. The minimum absolute atomic E-state index is 0.996. The third kappa shape index (κ3) is 3.74. The van der Waals surface area contributed by atoms with Crippen LogP contribution in [0.3, 0.4) is 0 Å². The monoisotopic (exact) mass is 232 g/mol. The number of rotatable bonds is 5. The molecule has 0 amide bonds.